The van der Waals surface area contributed by atoms with E-state index in [1.165, 1.54) is 17.7 Å². The Kier molecular flexibility index (Phi) is 5.03. The molecule has 7 nitrogen and oxygen atoms in total. The van der Waals surface area contributed by atoms with Gasteiger partial charge in [0.15, 0.2) is 11.5 Å². The van der Waals surface area contributed by atoms with Gasteiger partial charge in [0.2, 0.25) is 12.7 Å². The number of carboxylic acids is 1. The molecule has 0 spiro atoms. The topological polar surface area (TPSA) is 91.9 Å². The monoisotopic (exact) mass is 466 g/mol. The fraction of sp³-hybridized carbons (Fsp3) is 0.143. The van der Waals surface area contributed by atoms with E-state index in [1.807, 2.05) is 41.3 Å². The number of amides is 1. The number of nitrogens with one attached hydrogen (secondary N) is 1. The number of rotatable bonds is 4. The first kappa shape index (κ1) is 21.0. The Hall–Kier alpha value is -4.52. The third-order valence-electron chi connectivity index (χ3n) is 6.63. The van der Waals surface area contributed by atoms with Crippen molar-refractivity contribution in [3.8, 4) is 11.5 Å². The van der Waals surface area contributed by atoms with Crippen molar-refractivity contribution in [2.75, 3.05) is 13.3 Å². The van der Waals surface area contributed by atoms with Crippen molar-refractivity contribution >= 4 is 28.9 Å². The Morgan fingerprint density at radius 2 is 1.80 bits per heavy atom. The minimum atomic E-state index is -1.03. The van der Waals surface area contributed by atoms with Gasteiger partial charge in [0.25, 0.3) is 0 Å². The van der Waals surface area contributed by atoms with E-state index < -0.39 is 5.97 Å². The van der Waals surface area contributed by atoms with E-state index >= 15 is 0 Å². The molecule has 1 unspecified atom stereocenters. The number of ether oxygens (including phenoxy) is 2. The standard InChI is InChI=1S/C28H22N2O5/c31-25(12-10-17-5-1-2-6-19(17)28(32)33)30-14-13-21-20-7-3-4-8-22(20)29-26(21)27(30)18-9-11-23-24(15-18)35-16-34-23/h1-12,15,27,29H,13-14,16H2,(H,32,33)/b12-10+. The van der Waals surface area contributed by atoms with Crippen LogP contribution in [-0.4, -0.2) is 40.2 Å². The smallest absolute Gasteiger partial charge is 0.336 e. The van der Waals surface area contributed by atoms with Gasteiger partial charge in [-0.05, 0) is 53.5 Å². The molecule has 1 atom stereocenters. The van der Waals surface area contributed by atoms with Crippen molar-refractivity contribution in [2.24, 2.45) is 0 Å². The summed E-state index contributed by atoms with van der Waals surface area (Å²) in [5, 5.41) is 10.6. The number of carboxylic acid groups (broad SMARTS) is 1. The third-order valence-corrected chi connectivity index (χ3v) is 6.63. The quantitative estimate of drug-likeness (QED) is 0.422. The fourth-order valence-corrected chi connectivity index (χ4v) is 5.00. The van der Waals surface area contributed by atoms with Crippen molar-refractivity contribution in [3.05, 3.63) is 101 Å². The number of aromatic nitrogens is 1. The number of aromatic amines is 1. The number of para-hydroxylation sites is 1. The third kappa shape index (κ3) is 3.61. The number of H-pyrrole nitrogens is 1. The highest BCUT2D eigenvalue weighted by atomic mass is 16.7. The van der Waals surface area contributed by atoms with E-state index in [0.29, 0.717) is 30.0 Å². The molecule has 0 fully saturated rings. The number of benzene rings is 3. The van der Waals surface area contributed by atoms with Crippen LogP contribution in [0.15, 0.2) is 72.8 Å². The molecule has 7 heteroatoms. The highest BCUT2D eigenvalue weighted by Gasteiger charge is 2.34. The molecule has 1 aromatic heterocycles. The van der Waals surface area contributed by atoms with Crippen LogP contribution in [-0.2, 0) is 11.2 Å². The lowest BCUT2D eigenvalue weighted by molar-refractivity contribution is -0.128. The molecule has 2 aliphatic heterocycles. The van der Waals surface area contributed by atoms with Crippen molar-refractivity contribution < 1.29 is 24.2 Å². The molecule has 0 aliphatic carbocycles. The molecular formula is C28H22N2O5. The maximum atomic E-state index is 13.5. The van der Waals surface area contributed by atoms with Crippen LogP contribution in [0.5, 0.6) is 11.5 Å². The SMILES string of the molecule is O=C(O)c1ccccc1/C=C/C(=O)N1CCc2c([nH]c3ccccc23)C1c1ccc2c(c1)OCO2. The van der Waals surface area contributed by atoms with Crippen molar-refractivity contribution in [1.82, 2.24) is 9.88 Å². The highest BCUT2D eigenvalue weighted by Crippen LogP contribution is 2.42. The van der Waals surface area contributed by atoms with Gasteiger partial charge in [-0.1, -0.05) is 42.5 Å². The molecule has 0 saturated carbocycles. The van der Waals surface area contributed by atoms with E-state index in [2.05, 4.69) is 11.1 Å². The largest absolute Gasteiger partial charge is 0.478 e. The second-order valence-electron chi connectivity index (χ2n) is 8.59. The zero-order valence-corrected chi connectivity index (χ0v) is 18.7. The van der Waals surface area contributed by atoms with Gasteiger partial charge in [0.05, 0.1) is 11.6 Å². The molecule has 1 amide bonds. The molecular weight excluding hydrogens is 444 g/mol. The fourth-order valence-electron chi connectivity index (χ4n) is 5.00. The summed E-state index contributed by atoms with van der Waals surface area (Å²) in [5.74, 6) is 0.113. The van der Waals surface area contributed by atoms with Crippen LogP contribution in [0.1, 0.15) is 38.8 Å². The van der Waals surface area contributed by atoms with Gasteiger partial charge >= 0.3 is 5.97 Å². The summed E-state index contributed by atoms with van der Waals surface area (Å²) in [4.78, 5) is 30.4. The van der Waals surface area contributed by atoms with Crippen LogP contribution >= 0.6 is 0 Å². The predicted molar refractivity (Wildman–Crippen MR) is 131 cm³/mol. The maximum absolute atomic E-state index is 13.5. The number of hydrogen-bond donors (Lipinski definition) is 2. The normalized spacial score (nSPS) is 16.6. The van der Waals surface area contributed by atoms with E-state index in [0.717, 1.165) is 22.2 Å². The van der Waals surface area contributed by atoms with Crippen LogP contribution in [0.2, 0.25) is 0 Å². The molecule has 3 heterocycles. The molecule has 3 aromatic carbocycles. The van der Waals surface area contributed by atoms with Crippen LogP contribution in [0.25, 0.3) is 17.0 Å². The van der Waals surface area contributed by atoms with Gasteiger partial charge in [0.1, 0.15) is 0 Å². The molecule has 2 aliphatic rings. The molecule has 0 saturated heterocycles. The number of carbonyl (C=O) groups is 2. The van der Waals surface area contributed by atoms with Gasteiger partial charge in [0, 0.05) is 29.2 Å². The van der Waals surface area contributed by atoms with Gasteiger partial charge in [-0.2, -0.15) is 0 Å². The molecule has 174 valence electrons. The first-order chi connectivity index (χ1) is 17.1. The minimum Gasteiger partial charge on any atom is -0.478 e. The number of nitrogens with zero attached hydrogens (tertiary/aromatic N) is 1. The van der Waals surface area contributed by atoms with Gasteiger partial charge < -0.3 is 24.5 Å². The van der Waals surface area contributed by atoms with Crippen LogP contribution in [0.3, 0.4) is 0 Å². The zero-order chi connectivity index (χ0) is 23.9. The number of hydrogen-bond acceptors (Lipinski definition) is 4. The molecule has 35 heavy (non-hydrogen) atoms. The first-order valence-electron chi connectivity index (χ1n) is 11.4. The second-order valence-corrected chi connectivity index (χ2v) is 8.59. The number of aromatic carboxylic acids is 1. The van der Waals surface area contributed by atoms with Crippen LogP contribution in [0.4, 0.5) is 0 Å². The predicted octanol–water partition coefficient (Wildman–Crippen LogP) is 4.78. The summed E-state index contributed by atoms with van der Waals surface area (Å²) >= 11 is 0. The Bertz CT molecular complexity index is 1500. The van der Waals surface area contributed by atoms with Gasteiger partial charge in [-0.3, -0.25) is 4.79 Å². The van der Waals surface area contributed by atoms with Crippen LogP contribution < -0.4 is 9.47 Å². The molecule has 0 radical (unpaired) electrons. The lowest BCUT2D eigenvalue weighted by Gasteiger charge is -2.35. The van der Waals surface area contributed by atoms with Gasteiger partial charge in [-0.25, -0.2) is 4.79 Å². The average Bonchev–Trinajstić information content (AvgIpc) is 3.50. The lowest BCUT2D eigenvalue weighted by atomic mass is 9.92. The summed E-state index contributed by atoms with van der Waals surface area (Å²) in [6, 6.07) is 20.2. The minimum absolute atomic E-state index is 0.153. The molecule has 0 bridgehead atoms. The van der Waals surface area contributed by atoms with Crippen molar-refractivity contribution in [3.63, 3.8) is 0 Å². The maximum Gasteiger partial charge on any atom is 0.336 e. The molecule has 4 aromatic rings. The highest BCUT2D eigenvalue weighted by molar-refractivity contribution is 5.97. The van der Waals surface area contributed by atoms with E-state index in [4.69, 9.17) is 9.47 Å². The van der Waals surface area contributed by atoms with E-state index in [-0.39, 0.29) is 24.3 Å². The Labute approximate surface area is 201 Å². The second kappa shape index (κ2) is 8.36. The summed E-state index contributed by atoms with van der Waals surface area (Å²) < 4.78 is 11.1. The Balaban J connectivity index is 1.42. The average molecular weight is 466 g/mol. The number of fused-ring (bicyclic) bond motifs is 4. The van der Waals surface area contributed by atoms with Crippen LogP contribution in [0, 0.1) is 0 Å². The van der Waals surface area contributed by atoms with Crippen molar-refractivity contribution in [2.45, 2.75) is 12.5 Å². The summed E-state index contributed by atoms with van der Waals surface area (Å²) in [6.45, 7) is 0.702. The Morgan fingerprint density at radius 1 is 1.00 bits per heavy atom. The molecule has 6 rings (SSSR count). The van der Waals surface area contributed by atoms with Gasteiger partial charge in [-0.15, -0.1) is 0 Å². The first-order valence-corrected chi connectivity index (χ1v) is 11.4. The summed E-state index contributed by atoms with van der Waals surface area (Å²) in [5.41, 5.74) is 4.76. The van der Waals surface area contributed by atoms with E-state index in [9.17, 15) is 14.7 Å². The Morgan fingerprint density at radius 3 is 2.69 bits per heavy atom. The van der Waals surface area contributed by atoms with Crippen molar-refractivity contribution in [1.29, 1.82) is 0 Å². The summed E-state index contributed by atoms with van der Waals surface area (Å²) in [6.07, 6.45) is 3.74. The van der Waals surface area contributed by atoms with E-state index in [1.54, 1.807) is 24.3 Å². The molecule has 2 N–H and O–H groups in total. The summed E-state index contributed by atoms with van der Waals surface area (Å²) in [7, 11) is 0. The zero-order valence-electron chi connectivity index (χ0n) is 18.7. The number of carbonyl (C=O) groups excluding carboxylic acids is 1. The lowest BCUT2D eigenvalue weighted by Crippen LogP contribution is -2.39.